The second-order valence-electron chi connectivity index (χ2n) is 12.8. The van der Waals surface area contributed by atoms with Gasteiger partial charge in [-0.3, -0.25) is 14.5 Å². The predicted molar refractivity (Wildman–Crippen MR) is 201 cm³/mol. The first-order chi connectivity index (χ1) is 24.1. The Balaban J connectivity index is 1.33. The smallest absolute Gasteiger partial charge is 0.354 e. The molecule has 0 bridgehead atoms. The Morgan fingerprint density at radius 3 is 2.20 bits per heavy atom. The molecule has 5 aromatic rings. The Bertz CT molecular complexity index is 2100. The molecule has 2 heterocycles. The van der Waals surface area contributed by atoms with E-state index in [-0.39, 0.29) is 23.7 Å². The van der Waals surface area contributed by atoms with Gasteiger partial charge in [-0.05, 0) is 93.9 Å². The monoisotopic (exact) mass is 709 g/mol. The number of ketones is 2. The molecule has 0 unspecified atom stereocenters. The van der Waals surface area contributed by atoms with Crippen molar-refractivity contribution in [1.82, 2.24) is 9.47 Å². The molecule has 4 aromatic carbocycles. The van der Waals surface area contributed by atoms with Crippen molar-refractivity contribution in [3.63, 3.8) is 0 Å². The maximum Gasteiger partial charge on any atom is 0.354 e. The third kappa shape index (κ3) is 7.42. The number of Topliss-reactive ketones (excluding diaryl/α,β-unsaturated/α-hetero) is 1. The van der Waals surface area contributed by atoms with Gasteiger partial charge in [0.05, 0.1) is 13.2 Å². The number of benzene rings is 4. The van der Waals surface area contributed by atoms with Crippen molar-refractivity contribution in [2.45, 2.75) is 51.1 Å². The molecule has 0 atom stereocenters. The number of carbonyl (C=O) groups is 3. The molecular formula is C40H40ClN3O5S. The average molecular weight is 710 g/mol. The van der Waals surface area contributed by atoms with E-state index in [0.717, 1.165) is 32.3 Å². The number of hydrogen-bond donors (Lipinski definition) is 0. The Morgan fingerprint density at radius 1 is 0.900 bits per heavy atom. The lowest BCUT2D eigenvalue weighted by Crippen LogP contribution is -2.54. The number of ether oxygens (including phenoxy) is 1. The summed E-state index contributed by atoms with van der Waals surface area (Å²) in [6, 6.07) is 26.4. The summed E-state index contributed by atoms with van der Waals surface area (Å²) in [5.41, 5.74) is 3.69. The van der Waals surface area contributed by atoms with Crippen molar-refractivity contribution < 1.29 is 24.0 Å². The van der Waals surface area contributed by atoms with Gasteiger partial charge >= 0.3 is 5.97 Å². The van der Waals surface area contributed by atoms with Crippen LogP contribution in [0.2, 0.25) is 5.02 Å². The summed E-state index contributed by atoms with van der Waals surface area (Å²) >= 11 is 7.62. The van der Waals surface area contributed by atoms with Gasteiger partial charge in [0.25, 0.3) is 0 Å². The largest absolute Gasteiger partial charge is 0.379 e. The van der Waals surface area contributed by atoms with E-state index in [0.29, 0.717) is 60.3 Å². The normalized spacial score (nSPS) is 14.3. The number of aryl methyl sites for hydroxylation is 2. The minimum atomic E-state index is -0.951. The second kappa shape index (κ2) is 15.3. The number of rotatable bonds is 12. The number of aromatic nitrogens is 1. The molecule has 0 radical (unpaired) electrons. The van der Waals surface area contributed by atoms with Gasteiger partial charge in [0.2, 0.25) is 5.78 Å². The predicted octanol–water partition coefficient (Wildman–Crippen LogP) is 8.38. The zero-order valence-corrected chi connectivity index (χ0v) is 30.3. The molecule has 1 saturated heterocycles. The number of hydrogen-bond acceptors (Lipinski definition) is 8. The summed E-state index contributed by atoms with van der Waals surface area (Å²) < 4.78 is 7.63. The highest BCUT2D eigenvalue weighted by atomic mass is 35.5. The topological polar surface area (TPSA) is 90.2 Å². The second-order valence-corrected chi connectivity index (χ2v) is 14.4. The van der Waals surface area contributed by atoms with E-state index < -0.39 is 11.5 Å². The van der Waals surface area contributed by atoms with Crippen LogP contribution in [0.25, 0.3) is 21.8 Å². The van der Waals surface area contributed by atoms with Gasteiger partial charge in [-0.2, -0.15) is 0 Å². The van der Waals surface area contributed by atoms with Crippen LogP contribution in [-0.4, -0.2) is 70.3 Å². The highest BCUT2D eigenvalue weighted by molar-refractivity contribution is 7.99. The zero-order valence-electron chi connectivity index (χ0n) is 28.7. The fraction of sp³-hybridized carbons (Fsp3) is 0.300. The van der Waals surface area contributed by atoms with Crippen LogP contribution in [0.5, 0.6) is 0 Å². The van der Waals surface area contributed by atoms with Gasteiger partial charge in [-0.15, -0.1) is 11.8 Å². The van der Waals surface area contributed by atoms with E-state index in [1.807, 2.05) is 90.7 Å². The summed E-state index contributed by atoms with van der Waals surface area (Å²) in [5, 5.41) is 6.61. The van der Waals surface area contributed by atoms with E-state index >= 15 is 0 Å². The molecule has 1 aliphatic rings. The average Bonchev–Trinajstić information content (AvgIpc) is 3.45. The van der Waals surface area contributed by atoms with Crippen LogP contribution >= 0.6 is 23.4 Å². The summed E-state index contributed by atoms with van der Waals surface area (Å²) in [7, 11) is 0. The first-order valence-electron chi connectivity index (χ1n) is 16.8. The fourth-order valence-corrected chi connectivity index (χ4v) is 7.32. The molecule has 0 aliphatic carbocycles. The standard InChI is InChI=1S/C40H40ClN3O5S/c1-5-44-35-16-10-27(37(45)31-9-7-6-8-26(31)2)24-32(35)33-25-28(11-17-36(33)44)38(46)34(18-23-50-30-14-12-29(41)13-15-30)42-49-39(47)40(3,4)43-19-21-48-22-20-43/h6-17,24-25H,5,18-23H2,1-4H3. The molecule has 0 N–H and O–H groups in total. The molecule has 10 heteroatoms. The maximum absolute atomic E-state index is 14.2. The number of fused-ring (bicyclic) bond motifs is 3. The van der Waals surface area contributed by atoms with E-state index in [1.165, 1.54) is 0 Å². The Hall–Kier alpha value is -4.28. The summed E-state index contributed by atoms with van der Waals surface area (Å²) in [6.45, 7) is 10.6. The molecule has 8 nitrogen and oxygen atoms in total. The van der Waals surface area contributed by atoms with E-state index in [1.54, 1.807) is 31.7 Å². The zero-order chi connectivity index (χ0) is 35.4. The Kier molecular flexibility index (Phi) is 10.9. The van der Waals surface area contributed by atoms with Crippen molar-refractivity contribution in [1.29, 1.82) is 0 Å². The molecule has 50 heavy (non-hydrogen) atoms. The van der Waals surface area contributed by atoms with Crippen molar-refractivity contribution in [2.75, 3.05) is 32.1 Å². The van der Waals surface area contributed by atoms with Crippen molar-refractivity contribution in [3.05, 3.63) is 112 Å². The number of morpholine rings is 1. The minimum absolute atomic E-state index is 0.0518. The number of nitrogens with zero attached hydrogens (tertiary/aromatic N) is 3. The summed E-state index contributed by atoms with van der Waals surface area (Å²) in [4.78, 5) is 49.7. The lowest BCUT2D eigenvalue weighted by atomic mass is 9.97. The third-order valence-electron chi connectivity index (χ3n) is 9.32. The van der Waals surface area contributed by atoms with Gasteiger partial charge < -0.3 is 14.1 Å². The molecule has 1 aliphatic heterocycles. The van der Waals surface area contributed by atoms with Crippen LogP contribution in [-0.2, 0) is 20.9 Å². The number of carbonyl (C=O) groups excluding carboxylic acids is 3. The first kappa shape index (κ1) is 35.5. The van der Waals surface area contributed by atoms with Crippen molar-refractivity contribution in [2.24, 2.45) is 5.16 Å². The van der Waals surface area contributed by atoms with E-state index in [4.69, 9.17) is 21.2 Å². The van der Waals surface area contributed by atoms with Gasteiger partial charge in [0.15, 0.2) is 5.78 Å². The summed E-state index contributed by atoms with van der Waals surface area (Å²) in [5.74, 6) is -0.394. The van der Waals surface area contributed by atoms with E-state index in [9.17, 15) is 14.4 Å². The van der Waals surface area contributed by atoms with Crippen LogP contribution in [0.1, 0.15) is 59.0 Å². The van der Waals surface area contributed by atoms with Gasteiger partial charge in [-0.1, -0.05) is 41.0 Å². The Morgan fingerprint density at radius 2 is 1.54 bits per heavy atom. The lowest BCUT2D eigenvalue weighted by Gasteiger charge is -2.37. The van der Waals surface area contributed by atoms with Crippen LogP contribution in [0.3, 0.4) is 0 Å². The SMILES string of the molecule is CCn1c2ccc(C(=O)C(CCSc3ccc(Cl)cc3)=NOC(=O)C(C)(C)N3CCOCC3)cc2c2cc(C(=O)c3ccccc3C)ccc21. The molecule has 0 amide bonds. The minimum Gasteiger partial charge on any atom is -0.379 e. The van der Waals surface area contributed by atoms with Gasteiger partial charge in [0, 0.05) is 80.2 Å². The van der Waals surface area contributed by atoms with Crippen molar-refractivity contribution >= 4 is 68.4 Å². The van der Waals surface area contributed by atoms with Crippen LogP contribution in [0, 0.1) is 6.92 Å². The fourth-order valence-electron chi connectivity index (χ4n) is 6.33. The number of halogens is 1. The quantitative estimate of drug-likeness (QED) is 0.0423. The first-order valence-corrected chi connectivity index (χ1v) is 18.2. The van der Waals surface area contributed by atoms with Crippen LogP contribution in [0.4, 0.5) is 0 Å². The molecule has 6 rings (SSSR count). The van der Waals surface area contributed by atoms with Gasteiger partial charge in [0.1, 0.15) is 11.3 Å². The van der Waals surface area contributed by atoms with Crippen molar-refractivity contribution in [3.8, 4) is 0 Å². The molecular weight excluding hydrogens is 670 g/mol. The Labute approximate surface area is 301 Å². The maximum atomic E-state index is 14.2. The van der Waals surface area contributed by atoms with Gasteiger partial charge in [-0.25, -0.2) is 4.79 Å². The highest BCUT2D eigenvalue weighted by Crippen LogP contribution is 2.32. The molecule has 0 spiro atoms. The number of oxime groups is 1. The molecule has 0 saturated carbocycles. The molecule has 258 valence electrons. The lowest BCUT2D eigenvalue weighted by molar-refractivity contribution is -0.159. The third-order valence-corrected chi connectivity index (χ3v) is 10.6. The molecule has 1 aromatic heterocycles. The highest BCUT2D eigenvalue weighted by Gasteiger charge is 2.38. The van der Waals surface area contributed by atoms with Crippen LogP contribution < -0.4 is 0 Å². The van der Waals surface area contributed by atoms with E-state index in [2.05, 4.69) is 16.6 Å². The summed E-state index contributed by atoms with van der Waals surface area (Å²) in [6.07, 6.45) is 0.265. The van der Waals surface area contributed by atoms with Crippen LogP contribution in [0.15, 0.2) is 95.0 Å². The number of thioether (sulfide) groups is 1. The molecule has 1 fully saturated rings.